The Morgan fingerprint density at radius 3 is 2.41 bits per heavy atom. The fraction of sp³-hybridized carbons (Fsp3) is 0.588. The van der Waals surface area contributed by atoms with E-state index in [1.807, 2.05) is 31.3 Å². The van der Waals surface area contributed by atoms with Crippen LogP contribution in [0.4, 0.5) is 17.2 Å². The molecule has 0 saturated carbocycles. The highest BCUT2D eigenvalue weighted by Crippen LogP contribution is 2.42. The van der Waals surface area contributed by atoms with Crippen LogP contribution in [-0.2, 0) is 16.1 Å². The molecule has 6 rings (SSSR count). The van der Waals surface area contributed by atoms with Crippen LogP contribution in [-0.4, -0.2) is 98.8 Å². The van der Waals surface area contributed by atoms with Crippen LogP contribution in [0, 0.1) is 11.3 Å². The number of likely N-dealkylation sites (tertiary alicyclic amines) is 1. The van der Waals surface area contributed by atoms with Gasteiger partial charge in [-0.2, -0.15) is 0 Å². The molecule has 0 aliphatic carbocycles. The smallest absolute Gasteiger partial charge is 0.243 e. The SMILES string of the molecule is CNc1ccc(N2CCC(CCN3CC4(CCN(c5ccc(C=O)c(CN(C)C6CCC(=O)NC6=O)c5)CC4)C3)CC2)cn1. The van der Waals surface area contributed by atoms with E-state index in [1.54, 1.807) is 0 Å². The zero-order valence-electron chi connectivity index (χ0n) is 26.3. The Morgan fingerprint density at radius 1 is 1.02 bits per heavy atom. The lowest BCUT2D eigenvalue weighted by molar-refractivity contribution is -0.137. The topological polar surface area (TPSA) is 101 Å². The molecule has 1 aromatic heterocycles. The number of hydrogen-bond donors (Lipinski definition) is 2. The second kappa shape index (κ2) is 13.2. The molecule has 1 spiro atoms. The number of benzene rings is 1. The number of hydrogen-bond acceptors (Lipinski definition) is 9. The Kier molecular flexibility index (Phi) is 9.18. The van der Waals surface area contributed by atoms with Crippen LogP contribution >= 0.6 is 0 Å². The minimum absolute atomic E-state index is 0.214. The maximum Gasteiger partial charge on any atom is 0.243 e. The van der Waals surface area contributed by atoms with Crippen molar-refractivity contribution in [3.63, 3.8) is 0 Å². The van der Waals surface area contributed by atoms with Crippen molar-refractivity contribution in [2.45, 2.75) is 57.5 Å². The van der Waals surface area contributed by atoms with Crippen molar-refractivity contribution in [3.05, 3.63) is 47.7 Å². The molecular formula is C34H47N7O3. The number of pyridine rings is 1. The number of carbonyl (C=O) groups is 3. The molecule has 1 atom stereocenters. The number of rotatable bonds is 10. The predicted molar refractivity (Wildman–Crippen MR) is 173 cm³/mol. The summed E-state index contributed by atoms with van der Waals surface area (Å²) in [6.45, 7) is 8.43. The summed E-state index contributed by atoms with van der Waals surface area (Å²) >= 11 is 0. The van der Waals surface area contributed by atoms with Crippen LogP contribution < -0.4 is 20.4 Å². The van der Waals surface area contributed by atoms with Gasteiger partial charge in [-0.05, 0) is 99.3 Å². The highest BCUT2D eigenvalue weighted by Gasteiger charge is 2.44. The van der Waals surface area contributed by atoms with Gasteiger partial charge in [-0.25, -0.2) is 4.98 Å². The largest absolute Gasteiger partial charge is 0.373 e. The molecule has 4 aliphatic rings. The summed E-state index contributed by atoms with van der Waals surface area (Å²) in [5.41, 5.74) is 4.41. The Labute approximate surface area is 261 Å². The van der Waals surface area contributed by atoms with Crippen molar-refractivity contribution in [1.82, 2.24) is 20.1 Å². The molecule has 4 fully saturated rings. The van der Waals surface area contributed by atoms with E-state index in [1.165, 1.54) is 57.4 Å². The third kappa shape index (κ3) is 6.76. The van der Waals surface area contributed by atoms with E-state index in [9.17, 15) is 14.4 Å². The normalized spacial score (nSPS) is 22.7. The monoisotopic (exact) mass is 601 g/mol. The number of anilines is 3. The van der Waals surface area contributed by atoms with Crippen LogP contribution in [0.1, 0.15) is 60.9 Å². The van der Waals surface area contributed by atoms with Crippen LogP contribution in [0.25, 0.3) is 0 Å². The van der Waals surface area contributed by atoms with Crippen LogP contribution in [0.5, 0.6) is 0 Å². The Morgan fingerprint density at radius 2 is 1.75 bits per heavy atom. The van der Waals surface area contributed by atoms with Gasteiger partial charge in [0.2, 0.25) is 11.8 Å². The third-order valence-corrected chi connectivity index (χ3v) is 10.6. The van der Waals surface area contributed by atoms with Crippen molar-refractivity contribution >= 4 is 35.3 Å². The van der Waals surface area contributed by atoms with E-state index < -0.39 is 0 Å². The van der Waals surface area contributed by atoms with Gasteiger partial charge in [0.15, 0.2) is 0 Å². The fourth-order valence-electron chi connectivity index (χ4n) is 7.70. The molecule has 1 unspecified atom stereocenters. The molecule has 2 amide bonds. The quantitative estimate of drug-likeness (QED) is 0.314. The number of nitrogens with zero attached hydrogens (tertiary/aromatic N) is 5. The molecule has 0 radical (unpaired) electrons. The van der Waals surface area contributed by atoms with Gasteiger partial charge in [0.05, 0.1) is 17.9 Å². The maximum absolute atomic E-state index is 12.4. The molecule has 4 saturated heterocycles. The second-order valence-corrected chi connectivity index (χ2v) is 13.5. The van der Waals surface area contributed by atoms with Gasteiger partial charge in [-0.3, -0.25) is 24.6 Å². The molecule has 4 aliphatic heterocycles. The summed E-state index contributed by atoms with van der Waals surface area (Å²) in [4.78, 5) is 49.8. The zero-order valence-corrected chi connectivity index (χ0v) is 26.3. The van der Waals surface area contributed by atoms with Crippen LogP contribution in [0.3, 0.4) is 0 Å². The first-order valence-corrected chi connectivity index (χ1v) is 16.3. The standard InChI is InChI=1S/C34H47N7O3/c1-35-31-7-5-29(20-36-31)40-15-10-25(11-16-40)9-14-39-23-34(24-39)12-17-41(18-13-34)28-4-3-26(22-42)27(19-28)21-38(2)30-6-8-32(43)37-33(30)44/h3-5,7,19-20,22,25,30H,6,8-18,21,23-24H2,1-2H3,(H,35,36)(H,37,43,44). The number of imide groups is 1. The second-order valence-electron chi connectivity index (χ2n) is 13.5. The number of aromatic nitrogens is 1. The number of amides is 2. The van der Waals surface area contributed by atoms with Gasteiger partial charge in [0.25, 0.3) is 0 Å². The molecule has 5 heterocycles. The first kappa shape index (κ1) is 30.5. The van der Waals surface area contributed by atoms with E-state index in [0.717, 1.165) is 55.5 Å². The van der Waals surface area contributed by atoms with Crippen molar-refractivity contribution < 1.29 is 14.4 Å². The summed E-state index contributed by atoms with van der Waals surface area (Å²) in [6, 6.07) is 9.95. The van der Waals surface area contributed by atoms with Gasteiger partial charge in [0, 0.05) is 70.5 Å². The minimum atomic E-state index is -0.362. The van der Waals surface area contributed by atoms with E-state index in [4.69, 9.17) is 0 Å². The lowest BCUT2D eigenvalue weighted by Crippen LogP contribution is -2.60. The number of aldehydes is 1. The van der Waals surface area contributed by atoms with Gasteiger partial charge in [-0.15, -0.1) is 0 Å². The van der Waals surface area contributed by atoms with Gasteiger partial charge >= 0.3 is 0 Å². The molecular weight excluding hydrogens is 554 g/mol. The molecule has 0 bridgehead atoms. The van der Waals surface area contributed by atoms with Crippen molar-refractivity contribution in [3.8, 4) is 0 Å². The van der Waals surface area contributed by atoms with Gasteiger partial charge < -0.3 is 20.0 Å². The molecule has 44 heavy (non-hydrogen) atoms. The molecule has 10 heteroatoms. The van der Waals surface area contributed by atoms with Crippen molar-refractivity contribution in [2.75, 3.05) is 75.0 Å². The summed E-state index contributed by atoms with van der Waals surface area (Å²) in [5, 5.41) is 5.53. The molecule has 2 aromatic rings. The van der Waals surface area contributed by atoms with Gasteiger partial charge in [-0.1, -0.05) is 0 Å². The lowest BCUT2D eigenvalue weighted by atomic mass is 9.71. The van der Waals surface area contributed by atoms with Crippen molar-refractivity contribution in [1.29, 1.82) is 0 Å². The van der Waals surface area contributed by atoms with E-state index in [-0.39, 0.29) is 17.9 Å². The Bertz CT molecular complexity index is 1320. The summed E-state index contributed by atoms with van der Waals surface area (Å²) in [6.07, 6.45) is 9.95. The maximum atomic E-state index is 12.4. The molecule has 2 N–H and O–H groups in total. The van der Waals surface area contributed by atoms with E-state index >= 15 is 0 Å². The Hall–Kier alpha value is -3.50. The summed E-state index contributed by atoms with van der Waals surface area (Å²) < 4.78 is 0. The minimum Gasteiger partial charge on any atom is -0.373 e. The summed E-state index contributed by atoms with van der Waals surface area (Å²) in [5.74, 6) is 1.26. The van der Waals surface area contributed by atoms with Gasteiger partial charge in [0.1, 0.15) is 12.1 Å². The molecule has 1 aromatic carbocycles. The van der Waals surface area contributed by atoms with E-state index in [0.29, 0.717) is 30.4 Å². The van der Waals surface area contributed by atoms with Crippen molar-refractivity contribution in [2.24, 2.45) is 11.3 Å². The predicted octanol–water partition coefficient (Wildman–Crippen LogP) is 3.38. The number of carbonyl (C=O) groups excluding carboxylic acids is 3. The zero-order chi connectivity index (χ0) is 30.7. The average Bonchev–Trinajstić information content (AvgIpc) is 3.03. The fourth-order valence-corrected chi connectivity index (χ4v) is 7.70. The highest BCUT2D eigenvalue weighted by atomic mass is 16.2. The Balaban J connectivity index is 0.942. The number of likely N-dealkylation sites (N-methyl/N-ethyl adjacent to an activating group) is 1. The average molecular weight is 602 g/mol. The molecule has 236 valence electrons. The highest BCUT2D eigenvalue weighted by molar-refractivity contribution is 6.00. The van der Waals surface area contributed by atoms with Crippen LogP contribution in [0.2, 0.25) is 0 Å². The molecule has 10 nitrogen and oxygen atoms in total. The third-order valence-electron chi connectivity index (χ3n) is 10.6. The van der Waals surface area contributed by atoms with Crippen LogP contribution in [0.15, 0.2) is 36.5 Å². The first-order valence-electron chi connectivity index (χ1n) is 16.3. The number of piperidine rings is 3. The first-order chi connectivity index (χ1) is 21.3. The lowest BCUT2D eigenvalue weighted by Gasteiger charge is -2.55. The van der Waals surface area contributed by atoms with E-state index in [2.05, 4.69) is 54.6 Å². The number of nitrogens with one attached hydrogen (secondary N) is 2. The summed E-state index contributed by atoms with van der Waals surface area (Å²) in [7, 11) is 3.79.